The highest BCUT2D eigenvalue weighted by molar-refractivity contribution is 7.62. The van der Waals surface area contributed by atoms with Gasteiger partial charge >= 0.3 is 10.5 Å². The van der Waals surface area contributed by atoms with Gasteiger partial charge < -0.3 is 4.74 Å². The lowest BCUT2D eigenvalue weighted by atomic mass is 9.70. The van der Waals surface area contributed by atoms with E-state index >= 15 is 0 Å². The molecule has 2 fully saturated rings. The predicted molar refractivity (Wildman–Crippen MR) is 97.5 cm³/mol. The summed E-state index contributed by atoms with van der Waals surface area (Å²) in [5, 5.41) is 0.0563. The molecule has 144 valence electrons. The number of carbonyl (C=O) groups excluding carboxylic acids is 1. The first-order valence-electron chi connectivity index (χ1n) is 8.07. The Hall–Kier alpha value is -1.47. The van der Waals surface area contributed by atoms with E-state index in [0.717, 1.165) is 31.4 Å². The fourth-order valence-corrected chi connectivity index (χ4v) is 4.80. The van der Waals surface area contributed by atoms with Gasteiger partial charge in [0.05, 0.1) is 10.6 Å². The molecule has 8 heteroatoms. The Labute approximate surface area is 159 Å². The first-order chi connectivity index (χ1) is 11.6. The van der Waals surface area contributed by atoms with Gasteiger partial charge in [0.25, 0.3) is 5.91 Å². The number of carbonyl (C=O) groups is 1. The molecule has 3 atom stereocenters. The highest BCUT2D eigenvalue weighted by atomic mass is 35.5. The van der Waals surface area contributed by atoms with E-state index in [1.165, 1.54) is 0 Å². The monoisotopic (exact) mass is 403 g/mol. The lowest BCUT2D eigenvalue weighted by Crippen LogP contribution is -2.38. The summed E-state index contributed by atoms with van der Waals surface area (Å²) in [6.45, 7) is 6.67. The fraction of sp³-hybridized carbons (Fsp3) is 0.611. The lowest BCUT2D eigenvalue weighted by molar-refractivity contribution is 0.0300. The number of hydrogen-bond acceptors (Lipinski definition) is 4. The SMILES string of the molecule is C.CC1(C)[C@H]2CC[C@]1(C)[C@H](Oc1cc(F)c(C(=O)N=S(=O)=O)cc1Cl)C2. The Kier molecular flexibility index (Phi) is 5.55. The maximum absolute atomic E-state index is 14.2. The molecule has 2 aliphatic rings. The van der Waals surface area contributed by atoms with Crippen LogP contribution in [0.25, 0.3) is 0 Å². The normalized spacial score (nSPS) is 28.3. The van der Waals surface area contributed by atoms with E-state index in [0.29, 0.717) is 5.92 Å². The molecular formula is C18H23ClFNO4S. The van der Waals surface area contributed by atoms with Crippen molar-refractivity contribution in [3.63, 3.8) is 0 Å². The Balaban J connectivity index is 0.00000243. The number of fused-ring (bicyclic) bond motifs is 2. The molecule has 2 aliphatic carbocycles. The van der Waals surface area contributed by atoms with Crippen molar-refractivity contribution >= 4 is 28.0 Å². The van der Waals surface area contributed by atoms with Crippen LogP contribution in [-0.2, 0) is 10.5 Å². The van der Waals surface area contributed by atoms with Crippen molar-refractivity contribution in [2.75, 3.05) is 0 Å². The molecule has 0 N–H and O–H groups in total. The predicted octanol–water partition coefficient (Wildman–Crippen LogP) is 4.91. The first-order valence-corrected chi connectivity index (χ1v) is 9.48. The Morgan fingerprint density at radius 2 is 2.00 bits per heavy atom. The summed E-state index contributed by atoms with van der Waals surface area (Å²) < 4.78 is 44.0. The lowest BCUT2D eigenvalue weighted by Gasteiger charge is -2.39. The molecule has 0 aliphatic heterocycles. The van der Waals surface area contributed by atoms with Crippen LogP contribution in [-0.4, -0.2) is 20.4 Å². The summed E-state index contributed by atoms with van der Waals surface area (Å²) in [4.78, 5) is 11.6. The van der Waals surface area contributed by atoms with Gasteiger partial charge in [-0.3, -0.25) is 4.79 Å². The van der Waals surface area contributed by atoms with E-state index in [2.05, 4.69) is 25.1 Å². The molecule has 26 heavy (non-hydrogen) atoms. The van der Waals surface area contributed by atoms with Gasteiger partial charge in [0.2, 0.25) is 0 Å². The molecule has 1 amide bonds. The van der Waals surface area contributed by atoms with Gasteiger partial charge in [-0.1, -0.05) is 44.2 Å². The highest BCUT2D eigenvalue weighted by Crippen LogP contribution is 2.66. The van der Waals surface area contributed by atoms with Crippen LogP contribution in [0.4, 0.5) is 4.39 Å². The molecule has 0 aromatic heterocycles. The second kappa shape index (κ2) is 6.93. The van der Waals surface area contributed by atoms with Gasteiger partial charge in [0, 0.05) is 11.5 Å². The van der Waals surface area contributed by atoms with Crippen molar-refractivity contribution in [3.8, 4) is 5.75 Å². The Morgan fingerprint density at radius 1 is 1.35 bits per heavy atom. The Morgan fingerprint density at radius 3 is 2.50 bits per heavy atom. The van der Waals surface area contributed by atoms with Gasteiger partial charge in [-0.05, 0) is 36.7 Å². The largest absolute Gasteiger partial charge is 0.488 e. The van der Waals surface area contributed by atoms with E-state index in [9.17, 15) is 17.6 Å². The summed E-state index contributed by atoms with van der Waals surface area (Å²) in [7, 11) is -2.95. The van der Waals surface area contributed by atoms with Gasteiger partial charge in [-0.2, -0.15) is 8.42 Å². The second-order valence-corrected chi connectivity index (χ2v) is 8.62. The number of nitrogens with zero attached hydrogens (tertiary/aromatic N) is 1. The average Bonchev–Trinajstić information content (AvgIpc) is 2.83. The number of rotatable bonds is 3. The quantitative estimate of drug-likeness (QED) is 0.718. The molecule has 0 saturated heterocycles. The van der Waals surface area contributed by atoms with E-state index in [1.807, 2.05) is 0 Å². The fourth-order valence-electron chi connectivity index (χ4n) is 4.36. The van der Waals surface area contributed by atoms with Crippen molar-refractivity contribution in [1.82, 2.24) is 0 Å². The Bertz CT molecular complexity index is 875. The number of amides is 1. The van der Waals surface area contributed by atoms with Crippen LogP contribution in [0.5, 0.6) is 5.75 Å². The van der Waals surface area contributed by atoms with E-state index in [-0.39, 0.29) is 35.1 Å². The molecule has 2 saturated carbocycles. The number of ether oxygens (including phenoxy) is 1. The molecule has 0 unspecified atom stereocenters. The van der Waals surface area contributed by atoms with E-state index in [4.69, 9.17) is 16.3 Å². The molecule has 2 bridgehead atoms. The minimum Gasteiger partial charge on any atom is -0.488 e. The minimum atomic E-state index is -2.95. The summed E-state index contributed by atoms with van der Waals surface area (Å²) in [6.07, 6.45) is 3.00. The molecule has 1 aromatic carbocycles. The standard InChI is InChI=1S/C17H19ClFNO4S.CH4/c1-16(2)9-4-5-17(16,3)14(6-9)24-13-8-12(19)10(7-11(13)18)15(21)20-25(22)23;/h7-9,14H,4-6H2,1-3H3;1H4/t9-,14+,17+;/m0./s1. The van der Waals surface area contributed by atoms with Gasteiger partial charge in [-0.25, -0.2) is 4.39 Å². The van der Waals surface area contributed by atoms with Crippen LogP contribution in [0.1, 0.15) is 57.8 Å². The third-order valence-electron chi connectivity index (χ3n) is 6.39. The zero-order valence-corrected chi connectivity index (χ0v) is 15.7. The smallest absolute Gasteiger partial charge is 0.319 e. The van der Waals surface area contributed by atoms with Crippen molar-refractivity contribution in [2.24, 2.45) is 21.1 Å². The van der Waals surface area contributed by atoms with Crippen LogP contribution >= 0.6 is 11.6 Å². The van der Waals surface area contributed by atoms with Crippen molar-refractivity contribution in [3.05, 3.63) is 28.5 Å². The van der Waals surface area contributed by atoms with Crippen molar-refractivity contribution in [1.29, 1.82) is 0 Å². The molecule has 0 spiro atoms. The number of benzene rings is 1. The van der Waals surface area contributed by atoms with Crippen molar-refractivity contribution < 1.29 is 22.3 Å². The number of hydrogen-bond donors (Lipinski definition) is 0. The average molecular weight is 404 g/mol. The zero-order chi connectivity index (χ0) is 18.6. The third-order valence-corrected chi connectivity index (χ3v) is 7.00. The van der Waals surface area contributed by atoms with E-state index in [1.54, 1.807) is 0 Å². The van der Waals surface area contributed by atoms with Crippen LogP contribution < -0.4 is 4.74 Å². The molecular weight excluding hydrogens is 381 g/mol. The van der Waals surface area contributed by atoms with Crippen LogP contribution in [0, 0.1) is 22.6 Å². The van der Waals surface area contributed by atoms with Gasteiger partial charge in [0.1, 0.15) is 17.7 Å². The maximum atomic E-state index is 14.2. The second-order valence-electron chi connectivity index (χ2n) is 7.59. The molecule has 5 nitrogen and oxygen atoms in total. The first kappa shape index (κ1) is 20.8. The molecule has 0 radical (unpaired) electrons. The summed E-state index contributed by atoms with van der Waals surface area (Å²) in [5.74, 6) is -1.40. The third kappa shape index (κ3) is 3.16. The zero-order valence-electron chi connectivity index (χ0n) is 14.2. The van der Waals surface area contributed by atoms with Crippen molar-refractivity contribution in [2.45, 2.75) is 53.6 Å². The number of halogens is 2. The topological polar surface area (TPSA) is 72.8 Å². The van der Waals surface area contributed by atoms with Gasteiger partial charge in [-0.15, -0.1) is 0 Å². The highest BCUT2D eigenvalue weighted by Gasteiger charge is 2.62. The van der Waals surface area contributed by atoms with Crippen LogP contribution in [0.15, 0.2) is 16.5 Å². The summed E-state index contributed by atoms with van der Waals surface area (Å²) in [5.41, 5.74) is -0.391. The maximum Gasteiger partial charge on any atom is 0.319 e. The molecule has 0 heterocycles. The van der Waals surface area contributed by atoms with Crippen LogP contribution in [0.3, 0.4) is 0 Å². The van der Waals surface area contributed by atoms with E-state index < -0.39 is 27.8 Å². The molecule has 3 rings (SSSR count). The van der Waals surface area contributed by atoms with Crippen LogP contribution in [0.2, 0.25) is 5.02 Å². The summed E-state index contributed by atoms with van der Waals surface area (Å²) >= 11 is 6.14. The molecule has 1 aromatic rings. The minimum absolute atomic E-state index is 0. The summed E-state index contributed by atoms with van der Waals surface area (Å²) in [6, 6.07) is 2.09. The van der Waals surface area contributed by atoms with Gasteiger partial charge in [0.15, 0.2) is 0 Å².